The van der Waals surface area contributed by atoms with Crippen LogP contribution in [0.3, 0.4) is 0 Å². The number of carbonyl (C=O) groups is 1. The number of alkyl halides is 4. The predicted octanol–water partition coefficient (Wildman–Crippen LogP) is 1.56. The molecule has 0 fully saturated rings. The van der Waals surface area contributed by atoms with E-state index in [9.17, 15) is 27.2 Å². The highest BCUT2D eigenvalue weighted by molar-refractivity contribution is 5.75. The van der Waals surface area contributed by atoms with Crippen LogP contribution in [0.4, 0.5) is 17.6 Å². The maximum absolute atomic E-state index is 12.4. The Hall–Kier alpha value is -1.86. The molecule has 0 unspecified atom stereocenters. The summed E-state index contributed by atoms with van der Waals surface area (Å²) in [6, 6.07) is 0.426. The molecule has 0 amide bonds. The normalized spacial score (nSPS) is 11.2. The number of H-pyrrole nitrogens is 1. The second-order valence-electron chi connectivity index (χ2n) is 2.69. The summed E-state index contributed by atoms with van der Waals surface area (Å²) < 4.78 is 51.5. The van der Waals surface area contributed by atoms with E-state index in [1.807, 2.05) is 4.98 Å². The van der Waals surface area contributed by atoms with Crippen LogP contribution in [0.1, 0.15) is 16.1 Å². The largest absolute Gasteiger partial charge is 0.573 e. The number of carbonyl (C=O) groups excluding carboxylic acids is 1. The molecule has 0 bridgehead atoms. The number of pyridine rings is 1. The molecule has 0 aliphatic rings. The van der Waals surface area contributed by atoms with Gasteiger partial charge in [-0.05, 0) is 0 Å². The van der Waals surface area contributed by atoms with Crippen molar-refractivity contribution in [3.05, 3.63) is 27.7 Å². The smallest absolute Gasteiger partial charge is 0.405 e. The summed E-state index contributed by atoms with van der Waals surface area (Å²) in [7, 11) is 0. The van der Waals surface area contributed by atoms with E-state index in [0.717, 1.165) is 0 Å². The van der Waals surface area contributed by atoms with Crippen molar-refractivity contribution < 1.29 is 27.1 Å². The van der Waals surface area contributed by atoms with Gasteiger partial charge in [0.15, 0.2) is 6.29 Å². The van der Waals surface area contributed by atoms with E-state index < -0.39 is 35.6 Å². The van der Waals surface area contributed by atoms with E-state index in [2.05, 4.69) is 4.74 Å². The van der Waals surface area contributed by atoms with Gasteiger partial charge in [-0.3, -0.25) is 9.59 Å². The van der Waals surface area contributed by atoms with Crippen LogP contribution in [0.2, 0.25) is 0 Å². The fraction of sp³-hybridized carbons (Fsp3) is 0.250. The fourth-order valence-corrected chi connectivity index (χ4v) is 1.04. The minimum absolute atomic E-state index is 0.0412. The van der Waals surface area contributed by atoms with Crippen LogP contribution in [0.25, 0.3) is 0 Å². The van der Waals surface area contributed by atoms with E-state index >= 15 is 0 Å². The molecule has 16 heavy (non-hydrogen) atoms. The van der Waals surface area contributed by atoms with Gasteiger partial charge in [-0.25, -0.2) is 4.39 Å². The van der Waals surface area contributed by atoms with Crippen molar-refractivity contribution in [2.24, 2.45) is 0 Å². The van der Waals surface area contributed by atoms with Gasteiger partial charge >= 0.3 is 6.36 Å². The predicted molar refractivity (Wildman–Crippen MR) is 43.9 cm³/mol. The highest BCUT2D eigenvalue weighted by atomic mass is 19.4. The number of hydrogen-bond donors (Lipinski definition) is 1. The fourth-order valence-electron chi connectivity index (χ4n) is 1.04. The molecule has 0 saturated carbocycles. The first-order valence-corrected chi connectivity index (χ1v) is 3.90. The monoisotopic (exact) mass is 239 g/mol. The second-order valence-corrected chi connectivity index (χ2v) is 2.69. The number of aromatic amines is 1. The molecule has 0 spiro atoms. The van der Waals surface area contributed by atoms with Gasteiger partial charge in [0.1, 0.15) is 12.4 Å². The van der Waals surface area contributed by atoms with Gasteiger partial charge in [0.25, 0.3) is 5.56 Å². The van der Waals surface area contributed by atoms with Crippen molar-refractivity contribution in [1.82, 2.24) is 4.98 Å². The van der Waals surface area contributed by atoms with Crippen molar-refractivity contribution >= 4 is 6.29 Å². The molecule has 0 aliphatic heterocycles. The highest BCUT2D eigenvalue weighted by Gasteiger charge is 2.32. The second kappa shape index (κ2) is 4.33. The van der Waals surface area contributed by atoms with Crippen molar-refractivity contribution in [1.29, 1.82) is 0 Å². The Labute approximate surface area is 85.8 Å². The quantitative estimate of drug-likeness (QED) is 0.643. The molecule has 0 atom stereocenters. The van der Waals surface area contributed by atoms with Crippen molar-refractivity contribution in [3.8, 4) is 5.75 Å². The van der Waals surface area contributed by atoms with E-state index in [1.54, 1.807) is 0 Å². The van der Waals surface area contributed by atoms with Gasteiger partial charge in [-0.1, -0.05) is 0 Å². The third kappa shape index (κ3) is 2.81. The van der Waals surface area contributed by atoms with Crippen molar-refractivity contribution in [2.45, 2.75) is 13.0 Å². The molecular weight excluding hydrogens is 234 g/mol. The molecule has 0 aliphatic carbocycles. The summed E-state index contributed by atoms with van der Waals surface area (Å²) >= 11 is 0. The molecule has 1 aromatic rings. The Balaban J connectivity index is 3.31. The van der Waals surface area contributed by atoms with Crippen LogP contribution in [0, 0.1) is 0 Å². The SMILES string of the molecule is O=Cc1[nH]c(=O)cc(OC(F)(F)F)c1CF. The average molecular weight is 239 g/mol. The maximum Gasteiger partial charge on any atom is 0.573 e. The summed E-state index contributed by atoms with van der Waals surface area (Å²) in [5.41, 5.74) is -2.21. The summed E-state index contributed by atoms with van der Waals surface area (Å²) in [5.74, 6) is -1.01. The van der Waals surface area contributed by atoms with Crippen LogP contribution in [-0.4, -0.2) is 17.6 Å². The number of rotatable bonds is 3. The van der Waals surface area contributed by atoms with Crippen LogP contribution >= 0.6 is 0 Å². The lowest BCUT2D eigenvalue weighted by molar-refractivity contribution is -0.275. The first-order chi connectivity index (χ1) is 7.37. The molecule has 0 saturated heterocycles. The average Bonchev–Trinajstić information content (AvgIpc) is 2.14. The number of aldehydes is 1. The molecule has 1 rings (SSSR count). The summed E-state index contributed by atoms with van der Waals surface area (Å²) in [4.78, 5) is 23.1. The highest BCUT2D eigenvalue weighted by Crippen LogP contribution is 2.26. The molecule has 1 heterocycles. The Morgan fingerprint density at radius 1 is 1.44 bits per heavy atom. The van der Waals surface area contributed by atoms with Gasteiger partial charge in [0.2, 0.25) is 0 Å². The third-order valence-electron chi connectivity index (χ3n) is 1.62. The van der Waals surface area contributed by atoms with Crippen LogP contribution in [0.15, 0.2) is 10.9 Å². The summed E-state index contributed by atoms with van der Waals surface area (Å²) in [6.45, 7) is -1.36. The molecule has 0 radical (unpaired) electrons. The van der Waals surface area contributed by atoms with Gasteiger partial charge in [-0.2, -0.15) is 0 Å². The lowest BCUT2D eigenvalue weighted by atomic mass is 10.2. The minimum atomic E-state index is -5.06. The van der Waals surface area contributed by atoms with Gasteiger partial charge in [-0.15, -0.1) is 13.2 Å². The molecule has 88 valence electrons. The minimum Gasteiger partial charge on any atom is -0.405 e. The number of aromatic nitrogens is 1. The Kier molecular flexibility index (Phi) is 3.31. The molecule has 4 nitrogen and oxygen atoms in total. The number of nitrogens with one attached hydrogen (secondary N) is 1. The molecule has 1 aromatic heterocycles. The lowest BCUT2D eigenvalue weighted by Gasteiger charge is -2.12. The van der Waals surface area contributed by atoms with Crippen LogP contribution in [-0.2, 0) is 6.67 Å². The van der Waals surface area contributed by atoms with Crippen molar-refractivity contribution in [3.63, 3.8) is 0 Å². The van der Waals surface area contributed by atoms with Gasteiger partial charge < -0.3 is 9.72 Å². The maximum atomic E-state index is 12.4. The first-order valence-electron chi connectivity index (χ1n) is 3.90. The van der Waals surface area contributed by atoms with Gasteiger partial charge in [0, 0.05) is 6.07 Å². The van der Waals surface area contributed by atoms with Gasteiger partial charge in [0.05, 0.1) is 11.3 Å². The van der Waals surface area contributed by atoms with Crippen LogP contribution < -0.4 is 10.3 Å². The zero-order valence-electron chi connectivity index (χ0n) is 7.60. The summed E-state index contributed by atoms with van der Waals surface area (Å²) in [6.07, 6.45) is -5.02. The zero-order valence-corrected chi connectivity index (χ0v) is 7.60. The third-order valence-corrected chi connectivity index (χ3v) is 1.62. The summed E-state index contributed by atoms with van der Waals surface area (Å²) in [5, 5.41) is 0. The van der Waals surface area contributed by atoms with E-state index in [-0.39, 0.29) is 6.29 Å². The van der Waals surface area contributed by atoms with E-state index in [1.165, 1.54) is 0 Å². The van der Waals surface area contributed by atoms with Crippen LogP contribution in [0.5, 0.6) is 5.75 Å². The van der Waals surface area contributed by atoms with E-state index in [0.29, 0.717) is 6.07 Å². The number of ether oxygens (including phenoxy) is 1. The molecule has 8 heteroatoms. The number of hydrogen-bond acceptors (Lipinski definition) is 3. The Morgan fingerprint density at radius 3 is 2.50 bits per heavy atom. The lowest BCUT2D eigenvalue weighted by Crippen LogP contribution is -2.21. The molecule has 1 N–H and O–H groups in total. The molecule has 0 aromatic carbocycles. The topological polar surface area (TPSA) is 59.2 Å². The Morgan fingerprint density at radius 2 is 2.06 bits per heavy atom. The Bertz CT molecular complexity index is 452. The first kappa shape index (κ1) is 12.2. The van der Waals surface area contributed by atoms with Crippen molar-refractivity contribution in [2.75, 3.05) is 0 Å². The molecular formula is C8H5F4NO3. The van der Waals surface area contributed by atoms with E-state index in [4.69, 9.17) is 0 Å². The zero-order chi connectivity index (χ0) is 12.3. The standard InChI is InChI=1S/C8H5F4NO3/c9-2-4-5(3-14)13-7(15)1-6(4)16-8(10,11)12/h1,3H,2H2,(H,13,15). The number of halogens is 4.